The Morgan fingerprint density at radius 2 is 2.17 bits per heavy atom. The number of hydrogen-bond donors (Lipinski definition) is 1. The molecule has 0 saturated carbocycles. The molecule has 0 bridgehead atoms. The van der Waals surface area contributed by atoms with Crippen LogP contribution >= 0.6 is 0 Å². The first-order valence-corrected chi connectivity index (χ1v) is 5.52. The van der Waals surface area contributed by atoms with Crippen molar-refractivity contribution in [3.8, 4) is 0 Å². The number of ether oxygens (including phenoxy) is 1. The molecule has 18 heavy (non-hydrogen) atoms. The molecule has 0 spiro atoms. The van der Waals surface area contributed by atoms with Crippen LogP contribution < -0.4 is 5.32 Å². The average Bonchev–Trinajstić information content (AvgIpc) is 2.37. The maximum Gasteiger partial charge on any atom is 0.291 e. The molecule has 1 rings (SSSR count). The van der Waals surface area contributed by atoms with Crippen molar-refractivity contribution in [2.45, 2.75) is 6.92 Å². The van der Waals surface area contributed by atoms with Gasteiger partial charge in [0.05, 0.1) is 13.2 Å². The molecular formula is C13H15FN2O2. The molecule has 1 N–H and O–H groups in total. The van der Waals surface area contributed by atoms with Crippen molar-refractivity contribution in [2.75, 3.05) is 13.2 Å². The van der Waals surface area contributed by atoms with E-state index in [1.807, 2.05) is 0 Å². The maximum absolute atomic E-state index is 12.7. The second-order valence-electron chi connectivity index (χ2n) is 3.33. The van der Waals surface area contributed by atoms with Crippen LogP contribution in [0.3, 0.4) is 0 Å². The largest absolute Gasteiger partial charge is 0.465 e. The molecule has 1 amide bonds. The number of carbonyl (C=O) groups excluding carboxylic acids is 1. The van der Waals surface area contributed by atoms with Gasteiger partial charge in [-0.1, -0.05) is 6.08 Å². The third kappa shape index (κ3) is 4.37. The monoisotopic (exact) mass is 250 g/mol. The number of nitrogens with zero attached hydrogens (tertiary/aromatic N) is 1. The van der Waals surface area contributed by atoms with Gasteiger partial charge in [-0.2, -0.15) is 0 Å². The first kappa shape index (κ1) is 13.9. The highest BCUT2D eigenvalue weighted by molar-refractivity contribution is 6.04. The summed E-state index contributed by atoms with van der Waals surface area (Å²) in [4.78, 5) is 15.8. The van der Waals surface area contributed by atoms with Crippen LogP contribution in [-0.2, 0) is 4.74 Å². The van der Waals surface area contributed by atoms with Crippen LogP contribution in [0.15, 0.2) is 41.9 Å². The lowest BCUT2D eigenvalue weighted by Crippen LogP contribution is -2.32. The van der Waals surface area contributed by atoms with Crippen LogP contribution in [0.1, 0.15) is 17.3 Å². The van der Waals surface area contributed by atoms with Crippen molar-refractivity contribution in [3.05, 3.63) is 48.3 Å². The Labute approximate surface area is 105 Å². The molecule has 0 aliphatic carbocycles. The topological polar surface area (TPSA) is 50.7 Å². The minimum Gasteiger partial charge on any atom is -0.465 e. The van der Waals surface area contributed by atoms with Crippen LogP contribution in [0.5, 0.6) is 0 Å². The minimum atomic E-state index is -0.397. The number of halogens is 1. The summed E-state index contributed by atoms with van der Waals surface area (Å²) in [5, 5.41) is 2.51. The van der Waals surface area contributed by atoms with Crippen molar-refractivity contribution in [1.82, 2.24) is 5.32 Å². The molecule has 5 heteroatoms. The summed E-state index contributed by atoms with van der Waals surface area (Å²) in [7, 11) is 0. The van der Waals surface area contributed by atoms with Gasteiger partial charge in [0.15, 0.2) is 0 Å². The summed E-state index contributed by atoms with van der Waals surface area (Å²) < 4.78 is 17.9. The third-order valence-corrected chi connectivity index (χ3v) is 1.97. The molecule has 0 aromatic heterocycles. The molecule has 0 heterocycles. The van der Waals surface area contributed by atoms with Gasteiger partial charge in [-0.3, -0.25) is 10.1 Å². The van der Waals surface area contributed by atoms with Crippen LogP contribution in [0, 0.1) is 5.82 Å². The average molecular weight is 250 g/mol. The van der Waals surface area contributed by atoms with Crippen LogP contribution in [-0.4, -0.2) is 25.1 Å². The van der Waals surface area contributed by atoms with E-state index in [2.05, 4.69) is 16.9 Å². The highest BCUT2D eigenvalue weighted by atomic mass is 19.1. The van der Waals surface area contributed by atoms with E-state index in [1.165, 1.54) is 24.3 Å². The lowest BCUT2D eigenvalue weighted by Gasteiger charge is -2.08. The van der Waals surface area contributed by atoms with Crippen LogP contribution in [0.25, 0.3) is 0 Å². The van der Waals surface area contributed by atoms with Gasteiger partial charge in [0.1, 0.15) is 5.82 Å². The minimum absolute atomic E-state index is 0.131. The Kier molecular flexibility index (Phi) is 5.57. The predicted molar refractivity (Wildman–Crippen MR) is 68.0 cm³/mol. The molecule has 96 valence electrons. The molecule has 0 unspecified atom stereocenters. The Bertz CT molecular complexity index is 441. The Balaban J connectivity index is 2.71. The summed E-state index contributed by atoms with van der Waals surface area (Å²) in [5.41, 5.74) is 0.336. The molecule has 1 aromatic rings. The van der Waals surface area contributed by atoms with E-state index in [-0.39, 0.29) is 6.02 Å². The number of amides is 1. The number of rotatable bonds is 4. The molecule has 0 atom stereocenters. The lowest BCUT2D eigenvalue weighted by atomic mass is 10.2. The van der Waals surface area contributed by atoms with E-state index in [0.29, 0.717) is 18.7 Å². The van der Waals surface area contributed by atoms with E-state index in [0.717, 1.165) is 0 Å². The molecule has 1 aromatic carbocycles. The summed E-state index contributed by atoms with van der Waals surface area (Å²) >= 11 is 0. The summed E-state index contributed by atoms with van der Waals surface area (Å²) in [5.74, 6) is -0.789. The van der Waals surface area contributed by atoms with E-state index in [4.69, 9.17) is 4.74 Å². The molecule has 0 aliphatic heterocycles. The number of amidine groups is 1. The number of aliphatic imine (C=N–C) groups is 1. The Morgan fingerprint density at radius 1 is 1.50 bits per heavy atom. The molecule has 4 nitrogen and oxygen atoms in total. The van der Waals surface area contributed by atoms with Crippen molar-refractivity contribution in [2.24, 2.45) is 4.99 Å². The van der Waals surface area contributed by atoms with Crippen LogP contribution in [0.2, 0.25) is 0 Å². The smallest absolute Gasteiger partial charge is 0.291 e. The normalized spacial score (nSPS) is 10.9. The van der Waals surface area contributed by atoms with Gasteiger partial charge in [0.25, 0.3) is 11.9 Å². The van der Waals surface area contributed by atoms with E-state index in [1.54, 1.807) is 13.0 Å². The second kappa shape index (κ2) is 7.21. The number of carbonyl (C=O) groups is 1. The molecular weight excluding hydrogens is 235 g/mol. The van der Waals surface area contributed by atoms with Gasteiger partial charge < -0.3 is 4.74 Å². The van der Waals surface area contributed by atoms with Crippen molar-refractivity contribution >= 4 is 11.9 Å². The summed E-state index contributed by atoms with van der Waals surface area (Å²) in [6, 6.07) is 5.35. The fourth-order valence-electron chi connectivity index (χ4n) is 1.18. The van der Waals surface area contributed by atoms with E-state index in [9.17, 15) is 9.18 Å². The summed E-state index contributed by atoms with van der Waals surface area (Å²) in [6.45, 7) is 6.04. The number of hydrogen-bond acceptors (Lipinski definition) is 3. The van der Waals surface area contributed by atoms with E-state index < -0.39 is 11.7 Å². The maximum atomic E-state index is 12.7. The van der Waals surface area contributed by atoms with Gasteiger partial charge in [-0.25, -0.2) is 9.38 Å². The van der Waals surface area contributed by atoms with Gasteiger partial charge in [-0.05, 0) is 31.2 Å². The fraction of sp³-hybridized carbons (Fsp3) is 0.231. The third-order valence-electron chi connectivity index (χ3n) is 1.97. The molecule has 0 fully saturated rings. The highest BCUT2D eigenvalue weighted by Crippen LogP contribution is 2.02. The second-order valence-corrected chi connectivity index (χ2v) is 3.33. The lowest BCUT2D eigenvalue weighted by molar-refractivity contribution is 0.0966. The zero-order chi connectivity index (χ0) is 13.4. The SMILES string of the molecule is C=CCN=C(NC(=O)c1ccc(F)cc1)OCC. The van der Waals surface area contributed by atoms with Gasteiger partial charge in [-0.15, -0.1) is 6.58 Å². The van der Waals surface area contributed by atoms with E-state index >= 15 is 0 Å². The zero-order valence-electron chi connectivity index (χ0n) is 10.1. The first-order valence-electron chi connectivity index (χ1n) is 5.52. The Morgan fingerprint density at radius 3 is 2.72 bits per heavy atom. The molecule has 0 radical (unpaired) electrons. The fourth-order valence-corrected chi connectivity index (χ4v) is 1.18. The molecule has 0 aliphatic rings. The zero-order valence-corrected chi connectivity index (χ0v) is 10.1. The number of benzene rings is 1. The summed E-state index contributed by atoms with van der Waals surface area (Å²) in [6.07, 6.45) is 1.59. The van der Waals surface area contributed by atoms with Gasteiger partial charge in [0, 0.05) is 5.56 Å². The molecule has 0 saturated heterocycles. The Hall–Kier alpha value is -2.17. The number of nitrogens with one attached hydrogen (secondary N) is 1. The van der Waals surface area contributed by atoms with Crippen molar-refractivity contribution < 1.29 is 13.9 Å². The van der Waals surface area contributed by atoms with Gasteiger partial charge >= 0.3 is 0 Å². The highest BCUT2D eigenvalue weighted by Gasteiger charge is 2.09. The quantitative estimate of drug-likeness (QED) is 0.505. The van der Waals surface area contributed by atoms with Crippen molar-refractivity contribution in [1.29, 1.82) is 0 Å². The van der Waals surface area contributed by atoms with Gasteiger partial charge in [0.2, 0.25) is 0 Å². The standard InChI is InChI=1S/C13H15FN2O2/c1-3-9-15-13(18-4-2)16-12(17)10-5-7-11(14)8-6-10/h3,5-8H,1,4,9H2,2H3,(H,15,16,17). The first-order chi connectivity index (χ1) is 8.67. The predicted octanol–water partition coefficient (Wildman–Crippen LogP) is 2.13. The van der Waals surface area contributed by atoms with Crippen molar-refractivity contribution in [3.63, 3.8) is 0 Å². The van der Waals surface area contributed by atoms with Crippen LogP contribution in [0.4, 0.5) is 4.39 Å².